The van der Waals surface area contributed by atoms with E-state index in [1.54, 1.807) is 0 Å². The van der Waals surface area contributed by atoms with Crippen LogP contribution in [0, 0.1) is 0 Å². The molecule has 0 saturated carbocycles. The first-order chi connectivity index (χ1) is 8.77. The third-order valence-electron chi connectivity index (χ3n) is 2.43. The average Bonchev–Trinajstić information content (AvgIpc) is 2.38. The van der Waals surface area contributed by atoms with Crippen LogP contribution >= 0.6 is 23.2 Å². The Morgan fingerprint density at radius 3 is 1.44 bits per heavy atom. The number of rotatable bonds is 5. The molecule has 0 nitrogen and oxygen atoms in total. The molecule has 2 aromatic carbocycles. The van der Waals surface area contributed by atoms with Gasteiger partial charge in [-0.15, -0.1) is 0 Å². The van der Waals surface area contributed by atoms with Crippen LogP contribution in [-0.4, -0.2) is 26.3 Å². The second-order valence-corrected chi connectivity index (χ2v) is 11.9. The molecule has 2 rings (SSSR count). The van der Waals surface area contributed by atoms with Gasteiger partial charge in [0.25, 0.3) is 0 Å². The average molecular weight is 409 g/mol. The summed E-state index contributed by atoms with van der Waals surface area (Å²) in [5.74, 6) is 0. The first-order valence-corrected chi connectivity index (χ1v) is 13.0. The Morgan fingerprint density at radius 1 is 0.667 bits per heavy atom. The minimum absolute atomic E-state index is 0.636. The Labute approximate surface area is 129 Å². The van der Waals surface area contributed by atoms with E-state index in [1.165, 1.54) is 11.1 Å². The number of hydrogen-bond acceptors (Lipinski definition) is 0. The third kappa shape index (κ3) is 4.31. The monoisotopic (exact) mass is 410 g/mol. The number of hydrogen-bond donors (Lipinski definition) is 0. The fourth-order valence-corrected chi connectivity index (χ4v) is 8.73. The van der Waals surface area contributed by atoms with Gasteiger partial charge in [0.05, 0.1) is 0 Å². The fourth-order valence-electron chi connectivity index (χ4n) is 1.44. The van der Waals surface area contributed by atoms with Crippen LogP contribution in [0.2, 0.25) is 10.0 Å². The summed E-state index contributed by atoms with van der Waals surface area (Å²) in [4.78, 5) is 0. The molecule has 0 spiro atoms. The molecule has 0 N–H and O–H groups in total. The Bertz CT molecular complexity index is 467. The van der Waals surface area contributed by atoms with Gasteiger partial charge in [-0.1, -0.05) is 0 Å². The molecular weight excluding hydrogens is 397 g/mol. The molecule has 0 aliphatic carbocycles. The zero-order chi connectivity index (χ0) is 12.8. The molecule has 0 aliphatic heterocycles. The maximum atomic E-state index is 6.14. The van der Waals surface area contributed by atoms with E-state index in [0.29, 0.717) is 26.3 Å². The molecule has 18 heavy (non-hydrogen) atoms. The van der Waals surface area contributed by atoms with Gasteiger partial charge in [0.2, 0.25) is 0 Å². The molecule has 2 aromatic rings. The van der Waals surface area contributed by atoms with Gasteiger partial charge in [-0.05, 0) is 0 Å². The molecule has 0 bridgehead atoms. The summed E-state index contributed by atoms with van der Waals surface area (Å²) in [5.41, 5.74) is 2.56. The van der Waals surface area contributed by atoms with Crippen molar-refractivity contribution in [3.05, 3.63) is 69.7 Å². The van der Waals surface area contributed by atoms with Gasteiger partial charge in [0.15, 0.2) is 0 Å². The molecule has 0 unspecified atom stereocenters. The van der Waals surface area contributed by atoms with Crippen molar-refractivity contribution in [2.24, 2.45) is 0 Å². The van der Waals surface area contributed by atoms with E-state index >= 15 is 0 Å². The van der Waals surface area contributed by atoms with E-state index in [1.807, 2.05) is 24.3 Å². The maximum absolute atomic E-state index is 6.14. The van der Waals surface area contributed by atoms with Gasteiger partial charge in [-0.3, -0.25) is 0 Å². The first-order valence-electron chi connectivity index (χ1n) is 5.48. The molecule has 0 fully saturated rings. The summed E-state index contributed by atoms with van der Waals surface area (Å²) >= 11 is 13.6. The molecule has 0 saturated heterocycles. The van der Waals surface area contributed by atoms with Crippen molar-refractivity contribution in [3.63, 3.8) is 0 Å². The summed E-state index contributed by atoms with van der Waals surface area (Å²) < 4.78 is 0. The summed E-state index contributed by atoms with van der Waals surface area (Å²) in [6.07, 6.45) is 0. The van der Waals surface area contributed by atoms with Crippen molar-refractivity contribution < 1.29 is 0 Å². The van der Waals surface area contributed by atoms with Crippen LogP contribution in [0.4, 0.5) is 0 Å². The summed E-state index contributed by atoms with van der Waals surface area (Å²) in [6.45, 7) is 0. The molecule has 0 heterocycles. The fraction of sp³-hybridized carbons (Fsp3) is 0.143. The SMILES string of the molecule is Clc1ccccc1C[Se][Se]Cc1ccccc1Cl. The predicted molar refractivity (Wildman–Crippen MR) is 81.8 cm³/mol. The molecule has 0 aromatic heterocycles. The molecule has 94 valence electrons. The van der Waals surface area contributed by atoms with E-state index in [9.17, 15) is 0 Å². The number of benzene rings is 2. The van der Waals surface area contributed by atoms with Crippen LogP contribution < -0.4 is 0 Å². The standard InChI is InChI=1S/C14H12Cl2Se2/c15-13-7-3-1-5-11(13)9-17-18-10-12-6-2-4-8-14(12)16/h1-8H,9-10H2. The van der Waals surface area contributed by atoms with Crippen molar-refractivity contribution in [3.8, 4) is 0 Å². The molecule has 0 atom stereocenters. The van der Waals surface area contributed by atoms with E-state index in [2.05, 4.69) is 24.3 Å². The van der Waals surface area contributed by atoms with E-state index < -0.39 is 0 Å². The normalized spacial score (nSPS) is 10.6. The Kier molecular flexibility index (Phi) is 6.11. The van der Waals surface area contributed by atoms with Gasteiger partial charge >= 0.3 is 130 Å². The van der Waals surface area contributed by atoms with Crippen LogP contribution in [0.3, 0.4) is 0 Å². The molecular formula is C14H12Cl2Se2. The van der Waals surface area contributed by atoms with Crippen molar-refractivity contribution in [1.82, 2.24) is 0 Å². The zero-order valence-electron chi connectivity index (χ0n) is 9.61. The van der Waals surface area contributed by atoms with Crippen molar-refractivity contribution >= 4 is 49.5 Å². The van der Waals surface area contributed by atoms with Gasteiger partial charge in [-0.25, -0.2) is 0 Å². The van der Waals surface area contributed by atoms with Crippen LogP contribution in [0.1, 0.15) is 11.1 Å². The van der Waals surface area contributed by atoms with Crippen molar-refractivity contribution in [2.75, 3.05) is 0 Å². The quantitative estimate of drug-likeness (QED) is 0.517. The van der Waals surface area contributed by atoms with Crippen LogP contribution in [-0.2, 0) is 10.6 Å². The second-order valence-electron chi connectivity index (χ2n) is 3.71. The zero-order valence-corrected chi connectivity index (χ0v) is 14.5. The van der Waals surface area contributed by atoms with Gasteiger partial charge in [-0.2, -0.15) is 0 Å². The van der Waals surface area contributed by atoms with Gasteiger partial charge in [0.1, 0.15) is 0 Å². The summed E-state index contributed by atoms with van der Waals surface area (Å²) in [6, 6.07) is 16.2. The molecule has 0 aliphatic rings. The Balaban J connectivity index is 1.80. The van der Waals surface area contributed by atoms with Crippen molar-refractivity contribution in [2.45, 2.75) is 10.6 Å². The minimum atomic E-state index is 0.636. The predicted octanol–water partition coefficient (Wildman–Crippen LogP) is 4.02. The first kappa shape index (κ1) is 14.5. The third-order valence-corrected chi connectivity index (χ3v) is 9.70. The molecule has 0 amide bonds. The number of halogens is 2. The summed E-state index contributed by atoms with van der Waals surface area (Å²) in [7, 11) is 0. The van der Waals surface area contributed by atoms with Gasteiger partial charge in [0, 0.05) is 0 Å². The second kappa shape index (κ2) is 7.60. The van der Waals surface area contributed by atoms with E-state index in [0.717, 1.165) is 20.7 Å². The van der Waals surface area contributed by atoms with Crippen LogP contribution in [0.5, 0.6) is 0 Å². The van der Waals surface area contributed by atoms with Gasteiger partial charge < -0.3 is 0 Å². The molecule has 0 radical (unpaired) electrons. The summed E-state index contributed by atoms with van der Waals surface area (Å²) in [5, 5.41) is 4.04. The Morgan fingerprint density at radius 2 is 1.06 bits per heavy atom. The van der Waals surface area contributed by atoms with Crippen LogP contribution in [0.25, 0.3) is 0 Å². The Hall–Kier alpha value is 0.0590. The van der Waals surface area contributed by atoms with Crippen LogP contribution in [0.15, 0.2) is 48.5 Å². The van der Waals surface area contributed by atoms with E-state index in [4.69, 9.17) is 23.2 Å². The van der Waals surface area contributed by atoms with Crippen molar-refractivity contribution in [1.29, 1.82) is 0 Å². The molecule has 4 heteroatoms. The topological polar surface area (TPSA) is 0 Å². The van der Waals surface area contributed by atoms with E-state index in [-0.39, 0.29) is 0 Å².